The minimum atomic E-state index is 0.564. The first kappa shape index (κ1) is 11.4. The number of hydrogen-bond donors (Lipinski definition) is 1. The third-order valence-corrected chi connectivity index (χ3v) is 2.73. The van der Waals surface area contributed by atoms with Crippen molar-refractivity contribution in [2.45, 2.75) is 6.92 Å². The molecule has 3 nitrogen and oxygen atoms in total. The minimum absolute atomic E-state index is 0.564. The van der Waals surface area contributed by atoms with E-state index in [1.54, 1.807) is 18.2 Å². The molecule has 0 saturated carbocycles. The van der Waals surface area contributed by atoms with Crippen LogP contribution < -0.4 is 5.73 Å². The summed E-state index contributed by atoms with van der Waals surface area (Å²) in [6.45, 7) is 1.87. The molecule has 0 saturated heterocycles. The topological polar surface area (TPSA) is 51.8 Å². The van der Waals surface area contributed by atoms with Gasteiger partial charge in [0, 0.05) is 21.8 Å². The van der Waals surface area contributed by atoms with Crippen molar-refractivity contribution < 1.29 is 0 Å². The smallest absolute Gasteiger partial charge is 0.119 e. The first-order chi connectivity index (χ1) is 8.13. The molecule has 4 heteroatoms. The zero-order chi connectivity index (χ0) is 12.4. The van der Waals surface area contributed by atoms with Crippen molar-refractivity contribution >= 4 is 17.3 Å². The van der Waals surface area contributed by atoms with Crippen molar-refractivity contribution in [2.75, 3.05) is 5.73 Å². The van der Waals surface area contributed by atoms with Gasteiger partial charge < -0.3 is 5.73 Å². The molecule has 84 valence electrons. The summed E-state index contributed by atoms with van der Waals surface area (Å²) in [5.41, 5.74) is 9.40. The second-order valence-electron chi connectivity index (χ2n) is 3.57. The molecule has 0 amide bonds. The molecule has 1 aromatic heterocycles. The van der Waals surface area contributed by atoms with Crippen molar-refractivity contribution in [3.63, 3.8) is 0 Å². The predicted octanol–water partition coefficient (Wildman–Crippen LogP) is 2.67. The van der Waals surface area contributed by atoms with Crippen LogP contribution in [0.25, 0.3) is 11.3 Å². The van der Waals surface area contributed by atoms with Gasteiger partial charge in [0.1, 0.15) is 12.0 Å². The Hall–Kier alpha value is -2.05. The maximum Gasteiger partial charge on any atom is 0.119 e. The van der Waals surface area contributed by atoms with Crippen LogP contribution in [-0.4, -0.2) is 9.97 Å². The summed E-state index contributed by atoms with van der Waals surface area (Å²) < 4.78 is 0. The van der Waals surface area contributed by atoms with Crippen LogP contribution in [0.15, 0.2) is 24.5 Å². The molecule has 2 aromatic rings. The average molecular weight is 244 g/mol. The van der Waals surface area contributed by atoms with Crippen molar-refractivity contribution in [1.82, 2.24) is 9.97 Å². The molecule has 0 fully saturated rings. The van der Waals surface area contributed by atoms with E-state index in [0.717, 1.165) is 11.1 Å². The van der Waals surface area contributed by atoms with Gasteiger partial charge in [-0.2, -0.15) is 0 Å². The van der Waals surface area contributed by atoms with Crippen molar-refractivity contribution in [1.29, 1.82) is 0 Å². The van der Waals surface area contributed by atoms with Gasteiger partial charge in [0.15, 0.2) is 0 Å². The van der Waals surface area contributed by atoms with Crippen LogP contribution in [0.3, 0.4) is 0 Å². The van der Waals surface area contributed by atoms with E-state index in [9.17, 15) is 0 Å². The molecule has 0 aliphatic heterocycles. The van der Waals surface area contributed by atoms with Crippen LogP contribution in [0, 0.1) is 19.3 Å². The highest BCUT2D eigenvalue weighted by Crippen LogP contribution is 2.29. The van der Waals surface area contributed by atoms with E-state index in [0.29, 0.717) is 22.1 Å². The predicted molar refractivity (Wildman–Crippen MR) is 69.6 cm³/mol. The minimum Gasteiger partial charge on any atom is -0.398 e. The second-order valence-corrected chi connectivity index (χ2v) is 4.01. The van der Waals surface area contributed by atoms with Crippen LogP contribution >= 0.6 is 11.6 Å². The fourth-order valence-electron chi connectivity index (χ4n) is 1.60. The Labute approximate surface area is 105 Å². The fraction of sp³-hybridized carbons (Fsp3) is 0.0769. The lowest BCUT2D eigenvalue weighted by atomic mass is 10.0. The lowest BCUT2D eigenvalue weighted by molar-refractivity contribution is 1.11. The van der Waals surface area contributed by atoms with Crippen LogP contribution in [0.2, 0.25) is 5.02 Å². The van der Waals surface area contributed by atoms with Gasteiger partial charge in [-0.3, -0.25) is 0 Å². The molecule has 2 N–H and O–H groups in total. The van der Waals surface area contributed by atoms with Crippen molar-refractivity contribution in [3.8, 4) is 23.6 Å². The zero-order valence-electron chi connectivity index (χ0n) is 9.24. The largest absolute Gasteiger partial charge is 0.398 e. The molecular formula is C13H10ClN3. The average Bonchev–Trinajstić information content (AvgIpc) is 2.33. The molecule has 1 heterocycles. The number of nitrogens with two attached hydrogens (primary N) is 1. The highest BCUT2D eigenvalue weighted by Gasteiger charge is 2.10. The molecule has 17 heavy (non-hydrogen) atoms. The van der Waals surface area contributed by atoms with Gasteiger partial charge in [0.25, 0.3) is 0 Å². The lowest BCUT2D eigenvalue weighted by Gasteiger charge is -2.09. The Balaban J connectivity index is 2.69. The number of rotatable bonds is 1. The van der Waals surface area contributed by atoms with E-state index in [-0.39, 0.29) is 0 Å². The number of anilines is 1. The normalized spacial score (nSPS) is 9.94. The Kier molecular flexibility index (Phi) is 2.99. The molecule has 0 spiro atoms. The maximum absolute atomic E-state index is 5.95. The Morgan fingerprint density at radius 1 is 1.35 bits per heavy atom. The number of nitrogen functional groups attached to an aromatic ring is 1. The number of halogens is 1. The van der Waals surface area contributed by atoms with E-state index < -0.39 is 0 Å². The van der Waals surface area contributed by atoms with Crippen LogP contribution in [0.5, 0.6) is 0 Å². The fourth-order valence-corrected chi connectivity index (χ4v) is 1.77. The number of aromatic nitrogens is 2. The molecule has 0 atom stereocenters. The molecule has 1 aromatic carbocycles. The number of hydrogen-bond acceptors (Lipinski definition) is 3. The number of nitrogens with zero attached hydrogens (tertiary/aromatic N) is 2. The van der Waals surface area contributed by atoms with Gasteiger partial charge in [-0.15, -0.1) is 6.42 Å². The van der Waals surface area contributed by atoms with E-state index >= 15 is 0 Å². The summed E-state index contributed by atoms with van der Waals surface area (Å²) in [4.78, 5) is 8.23. The second kappa shape index (κ2) is 4.44. The summed E-state index contributed by atoms with van der Waals surface area (Å²) in [5.74, 6) is 2.51. The summed E-state index contributed by atoms with van der Waals surface area (Å²) in [6, 6.07) is 5.25. The van der Waals surface area contributed by atoms with E-state index in [2.05, 4.69) is 15.9 Å². The molecule has 2 rings (SSSR count). The Morgan fingerprint density at radius 3 is 2.82 bits per heavy atom. The lowest BCUT2D eigenvalue weighted by Crippen LogP contribution is -1.98. The zero-order valence-corrected chi connectivity index (χ0v) is 9.99. The monoisotopic (exact) mass is 243 g/mol. The van der Waals surface area contributed by atoms with E-state index in [4.69, 9.17) is 23.8 Å². The van der Waals surface area contributed by atoms with Gasteiger partial charge in [-0.05, 0) is 31.0 Å². The quantitative estimate of drug-likeness (QED) is 0.619. The Bertz CT molecular complexity index is 615. The van der Waals surface area contributed by atoms with Crippen LogP contribution in [0.1, 0.15) is 11.3 Å². The first-order valence-corrected chi connectivity index (χ1v) is 5.35. The van der Waals surface area contributed by atoms with Crippen LogP contribution in [0.4, 0.5) is 5.69 Å². The molecule has 0 aliphatic rings. The van der Waals surface area contributed by atoms with Gasteiger partial charge in [-0.25, -0.2) is 9.97 Å². The molecule has 0 aliphatic carbocycles. The highest BCUT2D eigenvalue weighted by molar-refractivity contribution is 6.31. The number of benzene rings is 1. The maximum atomic E-state index is 5.95. The summed E-state index contributed by atoms with van der Waals surface area (Å²) in [7, 11) is 0. The van der Waals surface area contributed by atoms with Gasteiger partial charge >= 0.3 is 0 Å². The molecule has 0 bridgehead atoms. The van der Waals surface area contributed by atoms with Gasteiger partial charge in [-0.1, -0.05) is 11.6 Å². The number of terminal acetylenes is 1. The third-order valence-electron chi connectivity index (χ3n) is 2.49. The van der Waals surface area contributed by atoms with E-state index in [1.807, 2.05) is 6.92 Å². The molecule has 0 unspecified atom stereocenters. The Morgan fingerprint density at radius 2 is 2.12 bits per heavy atom. The van der Waals surface area contributed by atoms with E-state index in [1.165, 1.54) is 6.33 Å². The molecule has 0 radical (unpaired) electrons. The SMILES string of the molecule is C#Cc1ncnc(-c2cc(Cl)ccc2N)c1C. The summed E-state index contributed by atoms with van der Waals surface area (Å²) in [6.07, 6.45) is 6.80. The van der Waals surface area contributed by atoms with Crippen LogP contribution in [-0.2, 0) is 0 Å². The third kappa shape index (κ3) is 2.08. The first-order valence-electron chi connectivity index (χ1n) is 4.97. The van der Waals surface area contributed by atoms with Gasteiger partial charge in [0.2, 0.25) is 0 Å². The highest BCUT2D eigenvalue weighted by atomic mass is 35.5. The van der Waals surface area contributed by atoms with Crippen molar-refractivity contribution in [2.24, 2.45) is 0 Å². The van der Waals surface area contributed by atoms with Crippen molar-refractivity contribution in [3.05, 3.63) is 40.8 Å². The standard InChI is InChI=1S/C13H10ClN3/c1-3-12-8(2)13(17-7-16-12)10-6-9(14)4-5-11(10)15/h1,4-7H,15H2,2H3. The van der Waals surface area contributed by atoms with Gasteiger partial charge in [0.05, 0.1) is 5.69 Å². The summed E-state index contributed by atoms with van der Waals surface area (Å²) >= 11 is 5.95. The molecular weight excluding hydrogens is 234 g/mol. The summed E-state index contributed by atoms with van der Waals surface area (Å²) in [5, 5.41) is 0.606.